The molecule has 1 unspecified atom stereocenters. The molecule has 1 heterocycles. The first kappa shape index (κ1) is 11.4. The van der Waals surface area contributed by atoms with Crippen LogP contribution in [0, 0.1) is 0 Å². The Bertz CT molecular complexity index is 205. The minimum atomic E-state index is -0.747. The van der Waals surface area contributed by atoms with Gasteiger partial charge in [-0.3, -0.25) is 4.79 Å². The Morgan fingerprint density at radius 3 is 2.79 bits per heavy atom. The molecular formula is C9H17NO4. The largest absolute Gasteiger partial charge is 0.351 e. The smallest absolute Gasteiger partial charge is 0.220 e. The van der Waals surface area contributed by atoms with Crippen molar-refractivity contribution in [3.8, 4) is 0 Å². The molecule has 0 radical (unpaired) electrons. The van der Waals surface area contributed by atoms with Gasteiger partial charge >= 0.3 is 0 Å². The van der Waals surface area contributed by atoms with E-state index in [9.17, 15) is 4.79 Å². The van der Waals surface area contributed by atoms with Gasteiger partial charge in [-0.05, 0) is 20.3 Å². The van der Waals surface area contributed by atoms with Crippen molar-refractivity contribution in [3.63, 3.8) is 0 Å². The van der Waals surface area contributed by atoms with Crippen LogP contribution in [-0.4, -0.2) is 31.5 Å². The maximum absolute atomic E-state index is 10.8. The summed E-state index contributed by atoms with van der Waals surface area (Å²) < 4.78 is 4.99. The summed E-state index contributed by atoms with van der Waals surface area (Å²) in [5.41, 5.74) is 0. The highest BCUT2D eigenvalue weighted by Crippen LogP contribution is 2.12. The lowest BCUT2D eigenvalue weighted by Crippen LogP contribution is -2.33. The fraction of sp³-hybridized carbons (Fsp3) is 0.889. The average Bonchev–Trinajstić information content (AvgIpc) is 2.51. The van der Waals surface area contributed by atoms with Gasteiger partial charge in [0.1, 0.15) is 6.61 Å². The molecule has 0 aromatic heterocycles. The van der Waals surface area contributed by atoms with E-state index in [0.29, 0.717) is 13.0 Å². The summed E-state index contributed by atoms with van der Waals surface area (Å²) in [7, 11) is 1.54. The summed E-state index contributed by atoms with van der Waals surface area (Å²) in [6.07, 6.45) is 1.37. The third-order valence-corrected chi connectivity index (χ3v) is 2.11. The first-order valence-corrected chi connectivity index (χ1v) is 4.68. The Balaban J connectivity index is 2.12. The van der Waals surface area contributed by atoms with E-state index in [0.717, 1.165) is 6.42 Å². The number of hydrogen-bond donors (Lipinski definition) is 1. The van der Waals surface area contributed by atoms with Gasteiger partial charge in [-0.2, -0.15) is 0 Å². The van der Waals surface area contributed by atoms with Gasteiger partial charge in [0.2, 0.25) is 5.91 Å². The zero-order valence-electron chi connectivity index (χ0n) is 8.83. The second-order valence-electron chi connectivity index (χ2n) is 3.77. The molecule has 0 spiro atoms. The Morgan fingerprint density at radius 1 is 1.57 bits per heavy atom. The number of nitrogens with one attached hydrogen (secondary N) is 1. The molecule has 1 aliphatic rings. The molecule has 5 heteroatoms. The van der Waals surface area contributed by atoms with Gasteiger partial charge < -0.3 is 10.1 Å². The molecule has 1 aliphatic heterocycles. The van der Waals surface area contributed by atoms with Gasteiger partial charge in [-0.1, -0.05) is 0 Å². The fourth-order valence-corrected chi connectivity index (χ4v) is 1.09. The summed E-state index contributed by atoms with van der Waals surface area (Å²) in [6, 6.07) is 0.0650. The highest BCUT2D eigenvalue weighted by Gasteiger charge is 2.23. The van der Waals surface area contributed by atoms with Crippen molar-refractivity contribution in [1.29, 1.82) is 0 Å². The summed E-state index contributed by atoms with van der Waals surface area (Å²) in [5, 5.41) is 2.77. The van der Waals surface area contributed by atoms with Crippen molar-refractivity contribution in [2.24, 2.45) is 0 Å². The van der Waals surface area contributed by atoms with Crippen LogP contribution < -0.4 is 5.32 Å². The van der Waals surface area contributed by atoms with Crippen molar-refractivity contribution in [2.75, 3.05) is 13.7 Å². The molecule has 0 aliphatic carbocycles. The Morgan fingerprint density at radius 2 is 2.29 bits per heavy atom. The quantitative estimate of drug-likeness (QED) is 0.404. The number of amides is 1. The van der Waals surface area contributed by atoms with E-state index < -0.39 is 5.79 Å². The summed E-state index contributed by atoms with van der Waals surface area (Å²) in [4.78, 5) is 20.8. The van der Waals surface area contributed by atoms with E-state index in [1.807, 2.05) is 0 Å². The van der Waals surface area contributed by atoms with Crippen LogP contribution in [0.25, 0.3) is 0 Å². The molecule has 1 atom stereocenters. The van der Waals surface area contributed by atoms with Crippen molar-refractivity contribution in [1.82, 2.24) is 5.32 Å². The van der Waals surface area contributed by atoms with Crippen LogP contribution in [0.4, 0.5) is 0 Å². The molecule has 1 rings (SSSR count). The zero-order valence-corrected chi connectivity index (χ0v) is 8.83. The standard InChI is InChI=1S/C9H17NO4/c1-9(2,12-3)14-13-6-7-4-5-8(11)10-7/h7H,4-6H2,1-3H3,(H,10,11). The van der Waals surface area contributed by atoms with Gasteiger partial charge in [0, 0.05) is 13.5 Å². The monoisotopic (exact) mass is 203 g/mol. The van der Waals surface area contributed by atoms with E-state index >= 15 is 0 Å². The van der Waals surface area contributed by atoms with Gasteiger partial charge in [0.05, 0.1) is 6.04 Å². The average molecular weight is 203 g/mol. The molecule has 0 aromatic carbocycles. The number of methoxy groups -OCH3 is 1. The molecular weight excluding hydrogens is 186 g/mol. The van der Waals surface area contributed by atoms with Crippen molar-refractivity contribution < 1.29 is 19.3 Å². The lowest BCUT2D eigenvalue weighted by Gasteiger charge is -2.22. The van der Waals surface area contributed by atoms with Crippen molar-refractivity contribution in [2.45, 2.75) is 38.5 Å². The SMILES string of the molecule is COC(C)(C)OOCC1CCC(=O)N1. The number of hydrogen-bond acceptors (Lipinski definition) is 4. The van der Waals surface area contributed by atoms with Crippen LogP contribution in [-0.2, 0) is 19.3 Å². The molecule has 5 nitrogen and oxygen atoms in total. The highest BCUT2D eigenvalue weighted by atomic mass is 17.2. The van der Waals surface area contributed by atoms with E-state index in [4.69, 9.17) is 14.5 Å². The number of carbonyl (C=O) groups excluding carboxylic acids is 1. The molecule has 1 amide bonds. The molecule has 1 saturated heterocycles. The first-order chi connectivity index (χ1) is 6.53. The topological polar surface area (TPSA) is 56.8 Å². The van der Waals surface area contributed by atoms with Crippen LogP contribution in [0.3, 0.4) is 0 Å². The first-order valence-electron chi connectivity index (χ1n) is 4.68. The third-order valence-electron chi connectivity index (χ3n) is 2.11. The van der Waals surface area contributed by atoms with Gasteiger partial charge in [-0.15, -0.1) is 0 Å². The van der Waals surface area contributed by atoms with Crippen LogP contribution in [0.1, 0.15) is 26.7 Å². The van der Waals surface area contributed by atoms with Gasteiger partial charge in [0.25, 0.3) is 0 Å². The van der Waals surface area contributed by atoms with Crippen LogP contribution in [0.2, 0.25) is 0 Å². The molecule has 1 N–H and O–H groups in total. The lowest BCUT2D eigenvalue weighted by atomic mass is 10.2. The number of carbonyl (C=O) groups is 1. The van der Waals surface area contributed by atoms with E-state index in [1.165, 1.54) is 0 Å². The minimum absolute atomic E-state index is 0.0650. The number of ether oxygens (including phenoxy) is 1. The van der Waals surface area contributed by atoms with E-state index in [1.54, 1.807) is 21.0 Å². The van der Waals surface area contributed by atoms with Crippen LogP contribution in [0.5, 0.6) is 0 Å². The highest BCUT2D eigenvalue weighted by molar-refractivity contribution is 5.78. The Kier molecular flexibility index (Phi) is 3.86. The molecule has 14 heavy (non-hydrogen) atoms. The van der Waals surface area contributed by atoms with E-state index in [-0.39, 0.29) is 11.9 Å². The fourth-order valence-electron chi connectivity index (χ4n) is 1.09. The normalized spacial score (nSPS) is 22.5. The minimum Gasteiger partial charge on any atom is -0.351 e. The Labute approximate surface area is 83.6 Å². The zero-order chi connectivity index (χ0) is 10.6. The lowest BCUT2D eigenvalue weighted by molar-refractivity contribution is -0.414. The summed E-state index contributed by atoms with van der Waals surface area (Å²) >= 11 is 0. The maximum atomic E-state index is 10.8. The third kappa shape index (κ3) is 3.61. The predicted octanol–water partition coefficient (Wildman–Crippen LogP) is 0.596. The predicted molar refractivity (Wildman–Crippen MR) is 49.3 cm³/mol. The van der Waals surface area contributed by atoms with Crippen molar-refractivity contribution >= 4 is 5.91 Å². The summed E-state index contributed by atoms with van der Waals surface area (Å²) in [5.74, 6) is -0.674. The molecule has 0 bridgehead atoms. The molecule has 82 valence electrons. The van der Waals surface area contributed by atoms with Crippen LogP contribution in [0.15, 0.2) is 0 Å². The van der Waals surface area contributed by atoms with Crippen LogP contribution >= 0.6 is 0 Å². The molecule has 1 fully saturated rings. The van der Waals surface area contributed by atoms with Gasteiger partial charge in [0.15, 0.2) is 5.79 Å². The van der Waals surface area contributed by atoms with E-state index in [2.05, 4.69) is 5.32 Å². The van der Waals surface area contributed by atoms with Gasteiger partial charge in [-0.25, -0.2) is 9.78 Å². The summed E-state index contributed by atoms with van der Waals surface area (Å²) in [6.45, 7) is 3.86. The molecule has 0 aromatic rings. The molecule has 0 saturated carbocycles. The second-order valence-corrected chi connectivity index (χ2v) is 3.77. The Hall–Kier alpha value is -0.650. The maximum Gasteiger partial charge on any atom is 0.220 e. The number of rotatable bonds is 5. The van der Waals surface area contributed by atoms with Crippen molar-refractivity contribution in [3.05, 3.63) is 0 Å². The second kappa shape index (κ2) is 4.72.